The van der Waals surface area contributed by atoms with Gasteiger partial charge in [0.1, 0.15) is 0 Å². The van der Waals surface area contributed by atoms with Gasteiger partial charge in [-0.3, -0.25) is 4.79 Å². The van der Waals surface area contributed by atoms with E-state index >= 15 is 0 Å². The van der Waals surface area contributed by atoms with Gasteiger partial charge in [-0.15, -0.1) is 0 Å². The monoisotopic (exact) mass is 365 g/mol. The van der Waals surface area contributed by atoms with Gasteiger partial charge in [-0.1, -0.05) is 24.4 Å². The summed E-state index contributed by atoms with van der Waals surface area (Å²) in [6.07, 6.45) is 7.21. The van der Waals surface area contributed by atoms with E-state index in [1.165, 1.54) is 25.7 Å². The second-order valence-corrected chi connectivity index (χ2v) is 7.82. The summed E-state index contributed by atoms with van der Waals surface area (Å²) < 4.78 is 11.2. The number of halogens is 1. The minimum absolute atomic E-state index is 0.0157. The molecule has 2 aliphatic rings. The quantitative estimate of drug-likeness (QED) is 0.759. The number of piperidine rings is 1. The molecule has 2 fully saturated rings. The first-order valence-corrected chi connectivity index (χ1v) is 9.74. The van der Waals surface area contributed by atoms with Crippen LogP contribution in [0.3, 0.4) is 0 Å². The van der Waals surface area contributed by atoms with Crippen LogP contribution in [-0.2, 0) is 0 Å². The number of hydrogen-bond donors (Lipinski definition) is 0. The lowest BCUT2D eigenvalue weighted by Crippen LogP contribution is -2.49. The molecule has 0 unspecified atom stereocenters. The molecule has 1 aromatic rings. The van der Waals surface area contributed by atoms with E-state index in [-0.39, 0.29) is 12.0 Å². The van der Waals surface area contributed by atoms with Crippen LogP contribution in [0, 0.1) is 5.92 Å². The van der Waals surface area contributed by atoms with E-state index in [2.05, 4.69) is 4.90 Å². The van der Waals surface area contributed by atoms with Crippen LogP contribution >= 0.6 is 11.6 Å². The molecule has 25 heavy (non-hydrogen) atoms. The Morgan fingerprint density at radius 2 is 1.92 bits per heavy atom. The van der Waals surface area contributed by atoms with Gasteiger partial charge in [-0.05, 0) is 57.6 Å². The highest BCUT2D eigenvalue weighted by Gasteiger charge is 2.36. The maximum absolute atomic E-state index is 13.2. The number of hydrogen-bond acceptors (Lipinski definition) is 3. The summed E-state index contributed by atoms with van der Waals surface area (Å²) in [7, 11) is 1.57. The minimum Gasteiger partial charge on any atom is -0.493 e. The lowest BCUT2D eigenvalue weighted by Gasteiger charge is -2.44. The third-order valence-corrected chi connectivity index (χ3v) is 5.61. The fourth-order valence-electron chi connectivity index (χ4n) is 4.24. The molecule has 5 heteroatoms. The Kier molecular flexibility index (Phi) is 5.78. The SMILES string of the molecule is COc1cc(C(=O)N2CCC[C@H]3CCCC[C@H]32)cc(Cl)c1OC(C)C. The van der Waals surface area contributed by atoms with Crippen LogP contribution in [0.2, 0.25) is 5.02 Å². The molecule has 0 aromatic heterocycles. The summed E-state index contributed by atoms with van der Waals surface area (Å²) in [6.45, 7) is 4.71. The highest BCUT2D eigenvalue weighted by atomic mass is 35.5. The van der Waals surface area contributed by atoms with Crippen molar-refractivity contribution < 1.29 is 14.3 Å². The fourth-order valence-corrected chi connectivity index (χ4v) is 4.49. The van der Waals surface area contributed by atoms with E-state index in [0.717, 1.165) is 19.4 Å². The van der Waals surface area contributed by atoms with E-state index in [9.17, 15) is 4.79 Å². The van der Waals surface area contributed by atoms with Crippen LogP contribution in [0.25, 0.3) is 0 Å². The third-order valence-electron chi connectivity index (χ3n) is 5.33. The highest BCUT2D eigenvalue weighted by Crippen LogP contribution is 2.39. The Morgan fingerprint density at radius 1 is 1.20 bits per heavy atom. The maximum atomic E-state index is 13.2. The summed E-state index contributed by atoms with van der Waals surface area (Å²) in [4.78, 5) is 15.3. The van der Waals surface area contributed by atoms with Crippen molar-refractivity contribution in [1.29, 1.82) is 0 Å². The van der Waals surface area contributed by atoms with Gasteiger partial charge in [0.15, 0.2) is 11.5 Å². The smallest absolute Gasteiger partial charge is 0.254 e. The minimum atomic E-state index is -0.0157. The Hall–Kier alpha value is -1.42. The van der Waals surface area contributed by atoms with Crippen molar-refractivity contribution in [2.24, 2.45) is 5.92 Å². The Bertz CT molecular complexity index is 630. The summed E-state index contributed by atoms with van der Waals surface area (Å²) in [6, 6.07) is 3.86. The molecule has 0 bridgehead atoms. The number of carbonyl (C=O) groups is 1. The highest BCUT2D eigenvalue weighted by molar-refractivity contribution is 6.32. The standard InChI is InChI=1S/C20H28ClNO3/c1-13(2)25-19-16(21)11-15(12-18(19)24-3)20(23)22-10-6-8-14-7-4-5-9-17(14)22/h11-14,17H,4-10H2,1-3H3/t14-,17-/m1/s1. The number of carbonyl (C=O) groups excluding carboxylic acids is 1. The molecule has 1 aliphatic heterocycles. The second kappa shape index (κ2) is 7.86. The van der Waals surface area contributed by atoms with E-state index in [1.807, 2.05) is 13.8 Å². The van der Waals surface area contributed by atoms with E-state index in [0.29, 0.717) is 34.0 Å². The number of ether oxygens (including phenoxy) is 2. The number of likely N-dealkylation sites (tertiary alicyclic amines) is 1. The van der Waals surface area contributed by atoms with E-state index < -0.39 is 0 Å². The van der Waals surface area contributed by atoms with Gasteiger partial charge >= 0.3 is 0 Å². The largest absolute Gasteiger partial charge is 0.493 e. The molecule has 1 aromatic carbocycles. The Morgan fingerprint density at radius 3 is 2.64 bits per heavy atom. The van der Waals surface area contributed by atoms with Gasteiger partial charge in [0.25, 0.3) is 5.91 Å². The number of methoxy groups -OCH3 is 1. The molecular formula is C20H28ClNO3. The topological polar surface area (TPSA) is 38.8 Å². The Labute approximate surface area is 155 Å². The van der Waals surface area contributed by atoms with Crippen LogP contribution in [0.4, 0.5) is 0 Å². The van der Waals surface area contributed by atoms with Crippen molar-refractivity contribution in [2.45, 2.75) is 64.5 Å². The van der Waals surface area contributed by atoms with E-state index in [4.69, 9.17) is 21.1 Å². The molecular weight excluding hydrogens is 338 g/mol. The van der Waals surface area contributed by atoms with Crippen LogP contribution in [0.15, 0.2) is 12.1 Å². The molecule has 0 spiro atoms. The van der Waals surface area contributed by atoms with E-state index in [1.54, 1.807) is 19.2 Å². The molecule has 1 saturated heterocycles. The molecule has 0 radical (unpaired) electrons. The number of fused-ring (bicyclic) bond motifs is 1. The average molecular weight is 366 g/mol. The van der Waals surface area contributed by atoms with Crippen LogP contribution in [-0.4, -0.2) is 36.6 Å². The van der Waals surface area contributed by atoms with Gasteiger partial charge in [0, 0.05) is 18.2 Å². The summed E-state index contributed by atoms with van der Waals surface area (Å²) in [5.74, 6) is 1.74. The zero-order valence-corrected chi connectivity index (χ0v) is 16.1. The molecule has 2 atom stereocenters. The van der Waals surface area contributed by atoms with Gasteiger partial charge < -0.3 is 14.4 Å². The zero-order chi connectivity index (χ0) is 18.0. The first-order valence-electron chi connectivity index (χ1n) is 9.36. The summed E-state index contributed by atoms with van der Waals surface area (Å²) in [5.41, 5.74) is 0.587. The molecule has 0 N–H and O–H groups in total. The lowest BCUT2D eigenvalue weighted by atomic mass is 9.78. The maximum Gasteiger partial charge on any atom is 0.254 e. The van der Waals surface area contributed by atoms with Crippen LogP contribution in [0.1, 0.15) is 62.7 Å². The van der Waals surface area contributed by atoms with Gasteiger partial charge in [-0.25, -0.2) is 0 Å². The summed E-state index contributed by atoms with van der Waals surface area (Å²) >= 11 is 6.40. The number of benzene rings is 1. The lowest BCUT2D eigenvalue weighted by molar-refractivity contribution is 0.0390. The normalized spacial score (nSPS) is 23.3. The van der Waals surface area contributed by atoms with Gasteiger partial charge in [0.2, 0.25) is 0 Å². The predicted octanol–water partition coefficient (Wildman–Crippen LogP) is 4.93. The molecule has 1 amide bonds. The predicted molar refractivity (Wildman–Crippen MR) is 99.8 cm³/mol. The first kappa shape index (κ1) is 18.4. The molecule has 138 valence electrons. The Balaban J connectivity index is 1.87. The molecule has 3 rings (SSSR count). The van der Waals surface area contributed by atoms with Gasteiger partial charge in [-0.2, -0.15) is 0 Å². The molecule has 1 aliphatic carbocycles. The van der Waals surface area contributed by atoms with Crippen molar-refractivity contribution in [3.63, 3.8) is 0 Å². The second-order valence-electron chi connectivity index (χ2n) is 7.41. The fraction of sp³-hybridized carbons (Fsp3) is 0.650. The van der Waals surface area contributed by atoms with Crippen LogP contribution in [0.5, 0.6) is 11.5 Å². The molecule has 4 nitrogen and oxygen atoms in total. The third kappa shape index (κ3) is 3.89. The van der Waals surface area contributed by atoms with Crippen LogP contribution < -0.4 is 9.47 Å². The molecule has 1 saturated carbocycles. The first-order chi connectivity index (χ1) is 12.0. The van der Waals surface area contributed by atoms with Crippen molar-refractivity contribution in [3.8, 4) is 11.5 Å². The van der Waals surface area contributed by atoms with Crippen molar-refractivity contribution >= 4 is 17.5 Å². The van der Waals surface area contributed by atoms with Gasteiger partial charge in [0.05, 0.1) is 18.2 Å². The van der Waals surface area contributed by atoms with Crippen molar-refractivity contribution in [2.75, 3.05) is 13.7 Å². The molecule has 1 heterocycles. The zero-order valence-electron chi connectivity index (χ0n) is 15.4. The number of amides is 1. The summed E-state index contributed by atoms with van der Waals surface area (Å²) in [5, 5.41) is 0.425. The number of rotatable bonds is 4. The van der Waals surface area contributed by atoms with Crippen molar-refractivity contribution in [3.05, 3.63) is 22.7 Å². The van der Waals surface area contributed by atoms with Crippen molar-refractivity contribution in [1.82, 2.24) is 4.90 Å². The number of nitrogens with zero attached hydrogens (tertiary/aromatic N) is 1. The average Bonchev–Trinajstić information content (AvgIpc) is 2.61.